The summed E-state index contributed by atoms with van der Waals surface area (Å²) in [7, 11) is 0. The Hall–Kier alpha value is -1.97. The second-order valence-electron chi connectivity index (χ2n) is 5.23. The first-order chi connectivity index (χ1) is 10.5. The van der Waals surface area contributed by atoms with E-state index in [0.717, 1.165) is 22.3 Å². The molecule has 0 fully saturated rings. The highest BCUT2D eigenvalue weighted by Gasteiger charge is 2.18. The molecular weight excluding hydrogens is 321 g/mol. The standard InChI is InChI=1S/C17H13Cl2NO2/c1-9-2-4-10(5-3-9)17-12(8-15(21)22)16-13(19)6-11(18)7-14(16)20-17/h2-7,20H,8H2,1H3,(H,21,22). The fraction of sp³-hybridized carbons (Fsp3) is 0.118. The largest absolute Gasteiger partial charge is 0.481 e. The summed E-state index contributed by atoms with van der Waals surface area (Å²) in [4.78, 5) is 14.5. The summed E-state index contributed by atoms with van der Waals surface area (Å²) in [6, 6.07) is 11.3. The van der Waals surface area contributed by atoms with Crippen molar-refractivity contribution in [2.45, 2.75) is 13.3 Å². The first-order valence-electron chi connectivity index (χ1n) is 6.74. The maximum atomic E-state index is 11.2. The van der Waals surface area contributed by atoms with Gasteiger partial charge in [0.15, 0.2) is 0 Å². The van der Waals surface area contributed by atoms with Crippen LogP contribution in [0.4, 0.5) is 0 Å². The average Bonchev–Trinajstić information content (AvgIpc) is 2.77. The molecule has 3 rings (SSSR count). The fourth-order valence-corrected chi connectivity index (χ4v) is 3.22. The molecule has 5 heteroatoms. The zero-order chi connectivity index (χ0) is 15.9. The molecule has 1 aromatic heterocycles. The number of aromatic amines is 1. The SMILES string of the molecule is Cc1ccc(-c2[nH]c3cc(Cl)cc(Cl)c3c2CC(=O)O)cc1. The summed E-state index contributed by atoms with van der Waals surface area (Å²) in [6.07, 6.45) is -0.107. The minimum Gasteiger partial charge on any atom is -0.481 e. The van der Waals surface area contributed by atoms with E-state index < -0.39 is 5.97 Å². The van der Waals surface area contributed by atoms with Crippen LogP contribution in [0, 0.1) is 6.92 Å². The summed E-state index contributed by atoms with van der Waals surface area (Å²) in [5, 5.41) is 10.9. The number of aryl methyl sites for hydroxylation is 1. The highest BCUT2D eigenvalue weighted by Crippen LogP contribution is 2.36. The monoisotopic (exact) mass is 333 g/mol. The smallest absolute Gasteiger partial charge is 0.307 e. The molecule has 112 valence electrons. The van der Waals surface area contributed by atoms with Crippen LogP contribution >= 0.6 is 23.2 Å². The van der Waals surface area contributed by atoms with E-state index in [1.54, 1.807) is 12.1 Å². The van der Waals surface area contributed by atoms with Gasteiger partial charge in [-0.05, 0) is 30.2 Å². The number of H-pyrrole nitrogens is 1. The molecule has 3 aromatic rings. The topological polar surface area (TPSA) is 53.1 Å². The lowest BCUT2D eigenvalue weighted by atomic mass is 10.0. The number of fused-ring (bicyclic) bond motifs is 1. The molecule has 0 unspecified atom stereocenters. The van der Waals surface area contributed by atoms with E-state index in [4.69, 9.17) is 23.2 Å². The van der Waals surface area contributed by atoms with Crippen molar-refractivity contribution in [3.8, 4) is 11.3 Å². The number of benzene rings is 2. The lowest BCUT2D eigenvalue weighted by Crippen LogP contribution is -2.01. The molecule has 0 saturated carbocycles. The van der Waals surface area contributed by atoms with Crippen LogP contribution in [-0.2, 0) is 11.2 Å². The van der Waals surface area contributed by atoms with Crippen molar-refractivity contribution < 1.29 is 9.90 Å². The Labute approximate surface area is 137 Å². The predicted molar refractivity (Wildman–Crippen MR) is 89.8 cm³/mol. The Morgan fingerprint density at radius 2 is 1.86 bits per heavy atom. The van der Waals surface area contributed by atoms with E-state index in [9.17, 15) is 9.90 Å². The van der Waals surface area contributed by atoms with Gasteiger partial charge in [0.2, 0.25) is 0 Å². The van der Waals surface area contributed by atoms with Crippen LogP contribution in [0.1, 0.15) is 11.1 Å². The van der Waals surface area contributed by atoms with Crippen molar-refractivity contribution in [2.75, 3.05) is 0 Å². The molecule has 0 atom stereocenters. The zero-order valence-electron chi connectivity index (χ0n) is 11.8. The van der Waals surface area contributed by atoms with Gasteiger partial charge in [0.05, 0.1) is 17.1 Å². The summed E-state index contributed by atoms with van der Waals surface area (Å²) >= 11 is 12.3. The van der Waals surface area contributed by atoms with Gasteiger partial charge in [-0.25, -0.2) is 0 Å². The van der Waals surface area contributed by atoms with Gasteiger partial charge in [-0.2, -0.15) is 0 Å². The van der Waals surface area contributed by atoms with Crippen molar-refractivity contribution in [1.82, 2.24) is 4.98 Å². The molecule has 0 aliphatic rings. The first-order valence-corrected chi connectivity index (χ1v) is 7.49. The highest BCUT2D eigenvalue weighted by molar-refractivity contribution is 6.39. The maximum absolute atomic E-state index is 11.2. The number of aliphatic carboxylic acids is 1. The van der Waals surface area contributed by atoms with Crippen LogP contribution < -0.4 is 0 Å². The second-order valence-corrected chi connectivity index (χ2v) is 6.07. The normalized spacial score (nSPS) is 11.0. The third-order valence-corrected chi connectivity index (χ3v) is 4.10. The summed E-state index contributed by atoms with van der Waals surface area (Å²) < 4.78 is 0. The van der Waals surface area contributed by atoms with Gasteiger partial charge in [-0.3, -0.25) is 4.79 Å². The van der Waals surface area contributed by atoms with E-state index >= 15 is 0 Å². The van der Waals surface area contributed by atoms with Crippen molar-refractivity contribution >= 4 is 40.1 Å². The van der Waals surface area contributed by atoms with Gasteiger partial charge < -0.3 is 10.1 Å². The molecule has 0 saturated heterocycles. The van der Waals surface area contributed by atoms with Crippen LogP contribution in [0.5, 0.6) is 0 Å². The Morgan fingerprint density at radius 1 is 1.18 bits per heavy atom. The molecule has 2 N–H and O–H groups in total. The molecule has 0 spiro atoms. The number of carbonyl (C=O) groups is 1. The third kappa shape index (κ3) is 2.70. The molecule has 3 nitrogen and oxygen atoms in total. The average molecular weight is 334 g/mol. The quantitative estimate of drug-likeness (QED) is 0.702. The number of carboxylic acid groups (broad SMARTS) is 1. The molecule has 2 aromatic carbocycles. The van der Waals surface area contributed by atoms with Gasteiger partial charge in [-0.1, -0.05) is 53.0 Å². The maximum Gasteiger partial charge on any atom is 0.307 e. The van der Waals surface area contributed by atoms with Gasteiger partial charge in [0.1, 0.15) is 0 Å². The fourth-order valence-electron chi connectivity index (χ4n) is 2.61. The molecule has 0 amide bonds. The number of carboxylic acids is 1. The van der Waals surface area contributed by atoms with Crippen LogP contribution in [0.15, 0.2) is 36.4 Å². The van der Waals surface area contributed by atoms with Gasteiger partial charge in [-0.15, -0.1) is 0 Å². The predicted octanol–water partition coefficient (Wildman–Crippen LogP) is 5.08. The molecular formula is C17H13Cl2NO2. The summed E-state index contributed by atoms with van der Waals surface area (Å²) in [5.41, 5.74) is 4.24. The van der Waals surface area contributed by atoms with Crippen molar-refractivity contribution in [1.29, 1.82) is 0 Å². The molecule has 22 heavy (non-hydrogen) atoms. The summed E-state index contributed by atoms with van der Waals surface area (Å²) in [6.45, 7) is 2.00. The molecule has 0 aliphatic carbocycles. The molecule has 0 radical (unpaired) electrons. The molecule has 0 bridgehead atoms. The number of halogens is 2. The van der Waals surface area contributed by atoms with Crippen LogP contribution in [-0.4, -0.2) is 16.1 Å². The number of hydrogen-bond donors (Lipinski definition) is 2. The number of hydrogen-bond acceptors (Lipinski definition) is 1. The van der Waals surface area contributed by atoms with Gasteiger partial charge in [0.25, 0.3) is 0 Å². The second kappa shape index (κ2) is 5.67. The zero-order valence-corrected chi connectivity index (χ0v) is 13.3. The van der Waals surface area contributed by atoms with E-state index in [1.807, 2.05) is 31.2 Å². The minimum absolute atomic E-state index is 0.107. The summed E-state index contributed by atoms with van der Waals surface area (Å²) in [5.74, 6) is -0.903. The number of nitrogens with one attached hydrogen (secondary N) is 1. The Morgan fingerprint density at radius 3 is 2.50 bits per heavy atom. The Bertz CT molecular complexity index is 866. The van der Waals surface area contributed by atoms with E-state index in [-0.39, 0.29) is 6.42 Å². The van der Waals surface area contributed by atoms with Crippen LogP contribution in [0.3, 0.4) is 0 Å². The minimum atomic E-state index is -0.903. The third-order valence-electron chi connectivity index (χ3n) is 3.59. The number of aromatic nitrogens is 1. The van der Waals surface area contributed by atoms with Crippen LogP contribution in [0.25, 0.3) is 22.2 Å². The van der Waals surface area contributed by atoms with Crippen molar-refractivity contribution in [2.24, 2.45) is 0 Å². The van der Waals surface area contributed by atoms with Gasteiger partial charge in [0, 0.05) is 15.9 Å². The molecule has 1 heterocycles. The van der Waals surface area contributed by atoms with E-state index in [1.165, 1.54) is 0 Å². The number of rotatable bonds is 3. The molecule has 0 aliphatic heterocycles. The first kappa shape index (κ1) is 14.9. The Kier molecular flexibility index (Phi) is 3.85. The van der Waals surface area contributed by atoms with Crippen LogP contribution in [0.2, 0.25) is 10.0 Å². The Balaban J connectivity index is 2.30. The highest BCUT2D eigenvalue weighted by atomic mass is 35.5. The lowest BCUT2D eigenvalue weighted by molar-refractivity contribution is -0.136. The van der Waals surface area contributed by atoms with E-state index in [0.29, 0.717) is 21.0 Å². The van der Waals surface area contributed by atoms with E-state index in [2.05, 4.69) is 4.98 Å². The van der Waals surface area contributed by atoms with Crippen molar-refractivity contribution in [3.63, 3.8) is 0 Å². The van der Waals surface area contributed by atoms with Crippen molar-refractivity contribution in [3.05, 3.63) is 57.6 Å². The lowest BCUT2D eigenvalue weighted by Gasteiger charge is -2.04. The van der Waals surface area contributed by atoms with Gasteiger partial charge >= 0.3 is 5.97 Å².